The van der Waals surface area contributed by atoms with E-state index in [0.29, 0.717) is 0 Å². The van der Waals surface area contributed by atoms with Gasteiger partial charge in [0.1, 0.15) is 39.1 Å². The Balaban J connectivity index is 0.000000120. The van der Waals surface area contributed by atoms with E-state index in [2.05, 4.69) is 357 Å². The zero-order valence-electron chi connectivity index (χ0n) is 57.2. The summed E-state index contributed by atoms with van der Waals surface area (Å²) in [5.41, 5.74) is 32.9. The van der Waals surface area contributed by atoms with Crippen LogP contribution in [0.2, 0.25) is 0 Å². The molecule has 6 aromatic heterocycles. The molecule has 508 valence electrons. The summed E-state index contributed by atoms with van der Waals surface area (Å²) in [4.78, 5) is 0. The van der Waals surface area contributed by atoms with Gasteiger partial charge in [-0.3, -0.25) is 0 Å². The van der Waals surface area contributed by atoms with E-state index in [1.165, 1.54) is 99.8 Å². The normalized spacial score (nSPS) is 13.8. The smallest absolute Gasteiger partial charge is 0.160 e. The second-order valence-corrected chi connectivity index (χ2v) is 30.6. The van der Waals surface area contributed by atoms with Crippen LogP contribution in [-0.4, -0.2) is 9.13 Å². The van der Waals surface area contributed by atoms with Crippen molar-refractivity contribution in [2.45, 2.75) is 24.7 Å². The highest BCUT2D eigenvalue weighted by molar-refractivity contribution is 9.11. The van der Waals surface area contributed by atoms with Crippen molar-refractivity contribution in [3.63, 3.8) is 0 Å². The maximum absolute atomic E-state index is 7.23. The van der Waals surface area contributed by atoms with Gasteiger partial charge in [0, 0.05) is 76.8 Å². The summed E-state index contributed by atoms with van der Waals surface area (Å²) in [7, 11) is 0. The number of allylic oxidation sites excluding steroid dienone is 1. The van der Waals surface area contributed by atoms with Crippen molar-refractivity contribution in [3.05, 3.63) is 386 Å². The summed E-state index contributed by atoms with van der Waals surface area (Å²) < 4.78 is 34.3. The van der Waals surface area contributed by atoms with Crippen molar-refractivity contribution in [3.8, 4) is 55.9 Å². The van der Waals surface area contributed by atoms with Crippen LogP contribution < -0.4 is 0 Å². The molecule has 0 amide bonds. The molecule has 15 aromatic carbocycles. The van der Waals surface area contributed by atoms with Crippen LogP contribution in [0.25, 0.3) is 172 Å². The van der Waals surface area contributed by atoms with Gasteiger partial charge in [0.25, 0.3) is 0 Å². The van der Waals surface area contributed by atoms with E-state index in [4.69, 9.17) is 17.7 Å². The second-order valence-electron chi connectivity index (χ2n) is 28.9. The maximum atomic E-state index is 7.23. The Morgan fingerprint density at radius 1 is 0.296 bits per heavy atom. The average Bonchev–Trinajstić information content (AvgIpc) is 1.49. The van der Waals surface area contributed by atoms with Crippen LogP contribution in [0.4, 0.5) is 0 Å². The molecule has 5 aliphatic carbocycles. The van der Waals surface area contributed by atoms with Crippen molar-refractivity contribution in [2.24, 2.45) is 0 Å². The number of halogens is 2. The van der Waals surface area contributed by atoms with E-state index in [9.17, 15) is 0 Å². The molecule has 0 saturated heterocycles. The fourth-order valence-electron chi connectivity index (χ4n) is 19.7. The Hall–Kier alpha value is -12.7. The van der Waals surface area contributed by atoms with Crippen LogP contribution >= 0.6 is 31.9 Å². The monoisotopic (exact) mass is 1510 g/mol. The number of hydrogen-bond donors (Lipinski definition) is 0. The van der Waals surface area contributed by atoms with E-state index < -0.39 is 10.8 Å². The van der Waals surface area contributed by atoms with E-state index in [-0.39, 0.29) is 7.43 Å². The number of nitrogens with zero attached hydrogens (tertiary/aromatic N) is 2. The summed E-state index contributed by atoms with van der Waals surface area (Å²) in [5.74, 6) is 0. The maximum Gasteiger partial charge on any atom is 0.160 e. The van der Waals surface area contributed by atoms with Gasteiger partial charge in [-0.05, 0) is 184 Å². The highest BCUT2D eigenvalue weighted by Crippen LogP contribution is 2.69. The van der Waals surface area contributed by atoms with Gasteiger partial charge in [-0.2, -0.15) is 0 Å². The van der Waals surface area contributed by atoms with E-state index in [1.54, 1.807) is 0 Å². The third kappa shape index (κ3) is 7.94. The molecule has 0 unspecified atom stereocenters. The number of para-hydroxylation sites is 6. The fraction of sp³-hybridized carbons (Fsp3) is 0.0400. The van der Waals surface area contributed by atoms with Gasteiger partial charge < -0.3 is 26.8 Å². The van der Waals surface area contributed by atoms with Gasteiger partial charge in [0.15, 0.2) is 5.58 Å². The minimum atomic E-state index is -0.660. The summed E-state index contributed by atoms with van der Waals surface area (Å²) in [5, 5.41) is 11.2. The van der Waals surface area contributed by atoms with E-state index in [0.717, 1.165) is 137 Å². The Morgan fingerprint density at radius 3 is 1.20 bits per heavy atom. The van der Waals surface area contributed by atoms with Crippen LogP contribution in [-0.2, 0) is 17.3 Å². The predicted molar refractivity (Wildman–Crippen MR) is 450 cm³/mol. The quantitative estimate of drug-likeness (QED) is 0.173. The zero-order chi connectivity index (χ0) is 70.1. The highest BCUT2D eigenvalue weighted by atomic mass is 79.9. The molecule has 8 heteroatoms. The Bertz CT molecular complexity index is 7460. The summed E-state index contributed by atoms with van der Waals surface area (Å²) in [6, 6.07) is 109. The number of aromatic nitrogens is 2. The van der Waals surface area contributed by atoms with Crippen molar-refractivity contribution in [1.29, 1.82) is 0 Å². The molecule has 2 spiro atoms. The Labute approximate surface area is 636 Å². The van der Waals surface area contributed by atoms with Gasteiger partial charge in [0.2, 0.25) is 0 Å². The van der Waals surface area contributed by atoms with Crippen molar-refractivity contribution < 1.29 is 17.7 Å². The molecule has 0 aliphatic heterocycles. The molecule has 5 aliphatic rings. The first-order valence-electron chi connectivity index (χ1n) is 36.5. The third-order valence-electron chi connectivity index (χ3n) is 23.9. The molecule has 6 nitrogen and oxygen atoms in total. The Morgan fingerprint density at radius 2 is 0.667 bits per heavy atom. The van der Waals surface area contributed by atoms with Crippen molar-refractivity contribution >= 4 is 147 Å². The lowest BCUT2D eigenvalue weighted by Crippen LogP contribution is -2.26. The topological polar surface area (TPSA) is 62.4 Å². The molecule has 0 bridgehead atoms. The van der Waals surface area contributed by atoms with Crippen LogP contribution in [0.1, 0.15) is 63.1 Å². The number of fused-ring (bicyclic) bond motifs is 39. The molecular weight excluding hydrogens is 1450 g/mol. The van der Waals surface area contributed by atoms with Gasteiger partial charge >= 0.3 is 0 Å². The minimum absolute atomic E-state index is 0. The first-order chi connectivity index (χ1) is 52.9. The fourth-order valence-corrected chi connectivity index (χ4v) is 20.9. The predicted octanol–water partition coefficient (Wildman–Crippen LogP) is 28.0. The molecule has 0 radical (unpaired) electrons. The van der Waals surface area contributed by atoms with Gasteiger partial charge in [-0.1, -0.05) is 266 Å². The van der Waals surface area contributed by atoms with Crippen LogP contribution in [0.15, 0.2) is 348 Å². The number of hydrogen-bond acceptors (Lipinski definition) is 4. The molecule has 0 saturated carbocycles. The Kier molecular flexibility index (Phi) is 12.9. The largest absolute Gasteiger partial charge is 0.455 e. The summed E-state index contributed by atoms with van der Waals surface area (Å²) in [6.07, 6.45) is 9.91. The van der Waals surface area contributed by atoms with E-state index in [1.807, 2.05) is 12.1 Å². The molecule has 108 heavy (non-hydrogen) atoms. The van der Waals surface area contributed by atoms with Gasteiger partial charge in [-0.15, -0.1) is 0 Å². The number of furan rings is 4. The molecule has 26 rings (SSSR count). The number of rotatable bonds is 2. The molecule has 0 N–H and O–H groups in total. The lowest BCUT2D eigenvalue weighted by molar-refractivity contribution is 0.665. The van der Waals surface area contributed by atoms with Crippen molar-refractivity contribution in [2.75, 3.05) is 0 Å². The molecule has 0 atom stereocenters. The molecule has 21 aromatic rings. The van der Waals surface area contributed by atoms with E-state index >= 15 is 0 Å². The van der Waals surface area contributed by atoms with Crippen LogP contribution in [0.3, 0.4) is 0 Å². The average molecular weight is 1510 g/mol. The van der Waals surface area contributed by atoms with Gasteiger partial charge in [-0.25, -0.2) is 0 Å². The van der Waals surface area contributed by atoms with Crippen LogP contribution in [0.5, 0.6) is 0 Å². The lowest BCUT2D eigenvalue weighted by atomic mass is 9.70. The molecular formula is C100H60Br2N2O4. The summed E-state index contributed by atoms with van der Waals surface area (Å²) >= 11 is 7.96. The third-order valence-corrected chi connectivity index (χ3v) is 25.1. The number of benzene rings is 15. The lowest BCUT2D eigenvalue weighted by Gasteiger charge is -2.31. The zero-order valence-corrected chi connectivity index (χ0v) is 60.3. The van der Waals surface area contributed by atoms with Gasteiger partial charge in [0.05, 0.1) is 43.1 Å². The standard InChI is InChI=1S/C53H30N2O2.C37H18Br2O2.C9H8.CH4/c1-9-21-41-31(13-1)25-27-54(41)43-29-40-50(52-47(43)35-17-5-11-23-45(35)57-52)49-39(53(40)37-19-7-3-15-33(37)34-16-4-8-20-38(34)53)30-44(55-28-26-32-14-2-10-22-42(32)55)51-48(49)36-18-6-12-24-46(36)56-51;38-27-17-26-34(36-31(27)21-11-3-7-15-29(21)41-36)33-25(18-28(39)35-32(33)22-12-4-8-16-30(22)40-35)37(26)23-13-5-1-9-19(23)20-10-2-6-14-24(20)37;1-2-5-9-7-3-6-8(9)4-1;/h1-30H;1-18H;1-6H,7H2;1H4. The minimum Gasteiger partial charge on any atom is -0.455 e. The highest BCUT2D eigenvalue weighted by Gasteiger charge is 2.56. The SMILES string of the molecule is Brc1cc2c(c3c1oc1ccccc13)-c1c(cc(Br)c3c1oc1ccccc13)C21c2ccccc2-c2ccccc21.C.C1=Cc2ccccc2C1.c1ccc2c(c1)-c1ccccc1C21c2cc(-n3ccc4ccccc43)c3c(oc4ccccc43)c2-c2c1cc(-n1ccc3ccccc31)c1oc3ccccc3c21. The van der Waals surface area contributed by atoms with Crippen molar-refractivity contribution in [1.82, 2.24) is 9.13 Å². The molecule has 0 fully saturated rings. The first-order valence-corrected chi connectivity index (χ1v) is 38.0. The summed E-state index contributed by atoms with van der Waals surface area (Å²) in [6.45, 7) is 0. The van der Waals surface area contributed by atoms with Crippen LogP contribution in [0, 0.1) is 0 Å². The first kappa shape index (κ1) is 61.6. The second kappa shape index (κ2) is 22.7. The molecule has 6 heterocycles.